The second-order valence-corrected chi connectivity index (χ2v) is 13.6. The number of hydrogen-bond donors (Lipinski definition) is 3. The molecule has 250 valence electrons. The molecular formula is C36H33N5O6S2. The zero-order valence-electron chi connectivity index (χ0n) is 26.4. The van der Waals surface area contributed by atoms with Crippen molar-refractivity contribution < 1.29 is 29.1 Å². The zero-order valence-corrected chi connectivity index (χ0v) is 28.1. The first kappa shape index (κ1) is 32.6. The lowest BCUT2D eigenvalue weighted by molar-refractivity contribution is -0.150. The zero-order chi connectivity index (χ0) is 34.0. The molecule has 11 nitrogen and oxygen atoms in total. The molecule has 4 aromatic rings. The van der Waals surface area contributed by atoms with Crippen molar-refractivity contribution in [3.63, 3.8) is 0 Å². The van der Waals surface area contributed by atoms with E-state index in [0.29, 0.717) is 29.5 Å². The summed E-state index contributed by atoms with van der Waals surface area (Å²) in [7, 11) is 1.33. The maximum atomic E-state index is 13.7. The molecule has 0 aliphatic carbocycles. The molecule has 49 heavy (non-hydrogen) atoms. The van der Waals surface area contributed by atoms with Gasteiger partial charge in [-0.1, -0.05) is 96.2 Å². The Balaban J connectivity index is 1.16. The van der Waals surface area contributed by atoms with Gasteiger partial charge in [0.25, 0.3) is 11.8 Å². The maximum absolute atomic E-state index is 13.7. The standard InChI is InChI=1S/C36H33N5O6S2/c1-46-40-28(31(42)38-29-32(43)41-30(34(44)45)25(20-48-33(29)41)27-18-11-19-47-27)26-21-49-35(37-26)39-36(22-12-5-2-6-13-22,23-14-7-3-8-15-23)24-16-9-4-10-17-24/h2-10,12-17,21,27,29,33H,11,18-20H2,1H3,(H,37,39)(H,38,42)(H,44,45)/b40-28-/t27?,29-,33-/m1/s1. The minimum atomic E-state index is -1.18. The summed E-state index contributed by atoms with van der Waals surface area (Å²) >= 11 is 2.71. The Morgan fingerprint density at radius 1 is 1.00 bits per heavy atom. The molecule has 3 aliphatic rings. The van der Waals surface area contributed by atoms with Crippen molar-refractivity contribution in [2.45, 2.75) is 35.9 Å². The molecule has 1 aromatic heterocycles. The van der Waals surface area contributed by atoms with Crippen LogP contribution in [0.3, 0.4) is 0 Å². The first-order chi connectivity index (χ1) is 23.9. The van der Waals surface area contributed by atoms with Crippen LogP contribution in [0.15, 0.2) is 113 Å². The smallest absolute Gasteiger partial charge is 0.352 e. The molecule has 0 spiro atoms. The molecule has 3 aliphatic heterocycles. The van der Waals surface area contributed by atoms with Crippen molar-refractivity contribution >= 4 is 51.7 Å². The number of carboxylic acids is 1. The molecule has 2 saturated heterocycles. The van der Waals surface area contributed by atoms with E-state index in [2.05, 4.69) is 52.2 Å². The quantitative estimate of drug-likeness (QED) is 0.0872. The summed E-state index contributed by atoms with van der Waals surface area (Å²) in [4.78, 5) is 50.4. The average Bonchev–Trinajstić information content (AvgIpc) is 3.85. The lowest BCUT2D eigenvalue weighted by Crippen LogP contribution is -2.71. The molecule has 3 aromatic carbocycles. The number of nitrogens with one attached hydrogen (secondary N) is 2. The van der Waals surface area contributed by atoms with Gasteiger partial charge in [-0.2, -0.15) is 0 Å². The highest BCUT2D eigenvalue weighted by Crippen LogP contribution is 2.43. The lowest BCUT2D eigenvalue weighted by atomic mass is 9.77. The highest BCUT2D eigenvalue weighted by atomic mass is 32.2. The van der Waals surface area contributed by atoms with Crippen molar-refractivity contribution in [1.29, 1.82) is 0 Å². The molecule has 7 rings (SSSR count). The second-order valence-electron chi connectivity index (χ2n) is 11.7. The van der Waals surface area contributed by atoms with Gasteiger partial charge in [-0.05, 0) is 35.1 Å². The van der Waals surface area contributed by atoms with Crippen LogP contribution in [0.2, 0.25) is 0 Å². The summed E-state index contributed by atoms with van der Waals surface area (Å²) < 4.78 is 5.74. The number of carboxylic acid groups (broad SMARTS) is 1. The van der Waals surface area contributed by atoms with E-state index < -0.39 is 34.7 Å². The number of fused-ring (bicyclic) bond motifs is 1. The fourth-order valence-electron chi connectivity index (χ4n) is 6.63. The normalized spacial score (nSPS) is 20.8. The maximum Gasteiger partial charge on any atom is 0.352 e. The summed E-state index contributed by atoms with van der Waals surface area (Å²) in [5.41, 5.74) is 2.82. The van der Waals surface area contributed by atoms with E-state index in [-0.39, 0.29) is 23.2 Å². The van der Waals surface area contributed by atoms with Gasteiger partial charge in [0.2, 0.25) is 0 Å². The predicted molar refractivity (Wildman–Crippen MR) is 187 cm³/mol. The van der Waals surface area contributed by atoms with E-state index in [1.807, 2.05) is 54.6 Å². The number of rotatable bonds is 11. The molecule has 1 unspecified atom stereocenters. The molecular weight excluding hydrogens is 663 g/mol. The highest BCUT2D eigenvalue weighted by Gasteiger charge is 2.55. The summed E-state index contributed by atoms with van der Waals surface area (Å²) in [6.45, 7) is 0.559. The van der Waals surface area contributed by atoms with E-state index in [1.54, 1.807) is 5.38 Å². The summed E-state index contributed by atoms with van der Waals surface area (Å²) in [5.74, 6) is -1.97. The lowest BCUT2D eigenvalue weighted by Gasteiger charge is -2.49. The number of carbonyl (C=O) groups is 3. The van der Waals surface area contributed by atoms with Crippen LogP contribution in [-0.2, 0) is 29.5 Å². The molecule has 3 atom stereocenters. The molecule has 13 heteroatoms. The number of aliphatic carboxylic acids is 1. The van der Waals surface area contributed by atoms with Crippen molar-refractivity contribution in [3.8, 4) is 0 Å². The van der Waals surface area contributed by atoms with Crippen LogP contribution in [0.4, 0.5) is 5.13 Å². The Labute approximate surface area is 291 Å². The number of anilines is 1. The van der Waals surface area contributed by atoms with Crippen LogP contribution in [0.1, 0.15) is 35.2 Å². The number of ether oxygens (including phenoxy) is 1. The Kier molecular flexibility index (Phi) is 9.21. The van der Waals surface area contributed by atoms with E-state index in [1.165, 1.54) is 35.1 Å². The number of amides is 2. The number of β-lactam (4-membered cyclic amide) rings is 1. The van der Waals surface area contributed by atoms with Gasteiger partial charge in [-0.15, -0.1) is 23.1 Å². The van der Waals surface area contributed by atoms with Crippen molar-refractivity contribution in [2.75, 3.05) is 24.8 Å². The van der Waals surface area contributed by atoms with E-state index in [9.17, 15) is 19.5 Å². The Bertz CT molecular complexity index is 1810. The monoisotopic (exact) mass is 695 g/mol. The highest BCUT2D eigenvalue weighted by molar-refractivity contribution is 8.00. The minimum absolute atomic E-state index is 0.0501. The molecule has 2 amide bonds. The Morgan fingerprint density at radius 2 is 1.61 bits per heavy atom. The van der Waals surface area contributed by atoms with Crippen LogP contribution in [0.5, 0.6) is 0 Å². The third kappa shape index (κ3) is 5.98. The van der Waals surface area contributed by atoms with Gasteiger partial charge in [0.05, 0.1) is 6.10 Å². The average molecular weight is 696 g/mol. The third-order valence-electron chi connectivity index (χ3n) is 8.86. The predicted octanol–water partition coefficient (Wildman–Crippen LogP) is 4.82. The van der Waals surface area contributed by atoms with E-state index in [0.717, 1.165) is 23.1 Å². The van der Waals surface area contributed by atoms with Gasteiger partial charge < -0.3 is 25.3 Å². The van der Waals surface area contributed by atoms with Crippen LogP contribution < -0.4 is 10.6 Å². The van der Waals surface area contributed by atoms with Crippen molar-refractivity contribution in [2.24, 2.45) is 5.16 Å². The SMILES string of the molecule is CO/N=C(\C(=O)N[C@@H]1C(=O)N2C(C(=O)O)=C(C3CCCO3)CS[C@H]12)c1csc(NC(c2ccccc2)(c2ccccc2)c2ccccc2)n1. The largest absolute Gasteiger partial charge is 0.477 e. The fraction of sp³-hybridized carbons (Fsp3) is 0.250. The number of aromatic nitrogens is 1. The van der Waals surface area contributed by atoms with Crippen LogP contribution in [-0.4, -0.2) is 75.5 Å². The second kappa shape index (κ2) is 13.9. The number of thiazole rings is 1. The number of oxime groups is 1. The van der Waals surface area contributed by atoms with Gasteiger partial charge in [-0.3, -0.25) is 14.5 Å². The molecule has 0 bridgehead atoms. The Morgan fingerprint density at radius 3 is 2.14 bits per heavy atom. The van der Waals surface area contributed by atoms with Gasteiger partial charge in [-0.25, -0.2) is 9.78 Å². The topological polar surface area (TPSA) is 142 Å². The third-order valence-corrected chi connectivity index (χ3v) is 10.9. The van der Waals surface area contributed by atoms with E-state index in [4.69, 9.17) is 14.6 Å². The summed E-state index contributed by atoms with van der Waals surface area (Å²) in [6, 6.07) is 29.3. The number of hydrogen-bond acceptors (Lipinski definition) is 10. The van der Waals surface area contributed by atoms with Crippen LogP contribution in [0.25, 0.3) is 0 Å². The number of carbonyl (C=O) groups excluding carboxylic acids is 2. The fourth-order valence-corrected chi connectivity index (χ4v) is 8.79. The van der Waals surface area contributed by atoms with Crippen LogP contribution >= 0.6 is 23.1 Å². The molecule has 0 saturated carbocycles. The number of nitrogens with zero attached hydrogens (tertiary/aromatic N) is 3. The molecule has 0 radical (unpaired) electrons. The molecule has 3 N–H and O–H groups in total. The minimum Gasteiger partial charge on any atom is -0.477 e. The van der Waals surface area contributed by atoms with E-state index >= 15 is 0 Å². The van der Waals surface area contributed by atoms with Crippen molar-refractivity contribution in [3.05, 3.63) is 130 Å². The summed E-state index contributed by atoms with van der Waals surface area (Å²) in [6.07, 6.45) is 1.23. The molecule has 4 heterocycles. The first-order valence-corrected chi connectivity index (χ1v) is 17.7. The van der Waals surface area contributed by atoms with Crippen molar-refractivity contribution in [1.82, 2.24) is 15.2 Å². The number of thioether (sulfide) groups is 1. The Hall–Kier alpha value is -4.98. The van der Waals surface area contributed by atoms with Gasteiger partial charge >= 0.3 is 5.97 Å². The van der Waals surface area contributed by atoms with Crippen LogP contribution in [0, 0.1) is 0 Å². The van der Waals surface area contributed by atoms with Gasteiger partial charge in [0, 0.05) is 17.7 Å². The molecule has 2 fully saturated rings. The first-order valence-electron chi connectivity index (χ1n) is 15.8. The van der Waals surface area contributed by atoms with Gasteiger partial charge in [0.15, 0.2) is 10.8 Å². The number of benzene rings is 3. The summed E-state index contributed by atoms with van der Waals surface area (Å²) in [5, 5.41) is 22.1. The van der Waals surface area contributed by atoms with Gasteiger partial charge in [0.1, 0.15) is 35.5 Å².